The molecule has 0 amide bonds. The van der Waals surface area contributed by atoms with Gasteiger partial charge in [0, 0.05) is 11.6 Å². The zero-order chi connectivity index (χ0) is 18.8. The molecule has 0 bridgehead atoms. The molecule has 0 unspecified atom stereocenters. The largest absolute Gasteiger partial charge is 0.489 e. The lowest BCUT2D eigenvalue weighted by atomic mass is 10.2. The second-order valence-electron chi connectivity index (χ2n) is 6.03. The minimum atomic E-state index is -0.653. The Balaban J connectivity index is 1.62. The minimum absolute atomic E-state index is 0.0137. The molecule has 134 valence electrons. The van der Waals surface area contributed by atoms with Gasteiger partial charge in [0.15, 0.2) is 0 Å². The fourth-order valence-corrected chi connectivity index (χ4v) is 2.82. The van der Waals surface area contributed by atoms with Gasteiger partial charge in [-0.3, -0.25) is 4.79 Å². The van der Waals surface area contributed by atoms with Gasteiger partial charge in [-0.25, -0.2) is 13.8 Å². The van der Waals surface area contributed by atoms with Gasteiger partial charge in [0.05, 0.1) is 10.9 Å². The number of ether oxygens (including phenoxy) is 1. The molecule has 0 aliphatic carbocycles. The van der Waals surface area contributed by atoms with Crippen molar-refractivity contribution in [2.24, 2.45) is 0 Å². The monoisotopic (exact) mass is 364 g/mol. The molecule has 27 heavy (non-hydrogen) atoms. The molecule has 0 radical (unpaired) electrons. The summed E-state index contributed by atoms with van der Waals surface area (Å²) in [6.07, 6.45) is 0. The average Bonchev–Trinajstić information content (AvgIpc) is 2.66. The van der Waals surface area contributed by atoms with Crippen LogP contribution in [-0.2, 0) is 6.61 Å². The molecule has 1 N–H and O–H groups in total. The van der Waals surface area contributed by atoms with Crippen molar-refractivity contribution in [2.45, 2.75) is 6.61 Å². The van der Waals surface area contributed by atoms with Crippen molar-refractivity contribution in [1.29, 1.82) is 0 Å². The van der Waals surface area contributed by atoms with Crippen molar-refractivity contribution < 1.29 is 13.5 Å². The van der Waals surface area contributed by atoms with Crippen LogP contribution in [0.5, 0.6) is 5.75 Å². The maximum Gasteiger partial charge on any atom is 0.259 e. The number of benzene rings is 3. The summed E-state index contributed by atoms with van der Waals surface area (Å²) in [6.45, 7) is 0.0137. The van der Waals surface area contributed by atoms with Gasteiger partial charge in [0.25, 0.3) is 5.56 Å². The number of hydrogen-bond acceptors (Lipinski definition) is 3. The molecule has 0 aliphatic rings. The minimum Gasteiger partial charge on any atom is -0.489 e. The normalized spacial score (nSPS) is 10.9. The third-order valence-corrected chi connectivity index (χ3v) is 4.05. The highest BCUT2D eigenvalue weighted by Crippen LogP contribution is 2.22. The van der Waals surface area contributed by atoms with Gasteiger partial charge in [0.1, 0.15) is 29.8 Å². The van der Waals surface area contributed by atoms with Crippen LogP contribution < -0.4 is 10.3 Å². The van der Waals surface area contributed by atoms with E-state index in [4.69, 9.17) is 4.74 Å². The molecule has 6 heteroatoms. The van der Waals surface area contributed by atoms with E-state index in [2.05, 4.69) is 9.97 Å². The van der Waals surface area contributed by atoms with Crippen molar-refractivity contribution in [3.63, 3.8) is 0 Å². The van der Waals surface area contributed by atoms with Crippen molar-refractivity contribution in [2.75, 3.05) is 0 Å². The zero-order valence-corrected chi connectivity index (χ0v) is 14.1. The van der Waals surface area contributed by atoms with E-state index in [1.165, 1.54) is 12.1 Å². The number of hydrogen-bond donors (Lipinski definition) is 1. The molecule has 0 saturated heterocycles. The number of H-pyrrole nitrogens is 1. The Hall–Kier alpha value is -3.54. The number of nitrogens with zero attached hydrogens (tertiary/aromatic N) is 1. The SMILES string of the molecule is O=c1[nH]c(-c2cccc(OCc3cc(F)cc(F)c3)c2)nc2ccccc12. The molecule has 0 atom stereocenters. The quantitative estimate of drug-likeness (QED) is 0.582. The molecule has 3 aromatic carbocycles. The smallest absolute Gasteiger partial charge is 0.259 e. The molecule has 0 fully saturated rings. The van der Waals surface area contributed by atoms with E-state index < -0.39 is 11.6 Å². The van der Waals surface area contributed by atoms with Crippen LogP contribution >= 0.6 is 0 Å². The average molecular weight is 364 g/mol. The maximum absolute atomic E-state index is 13.3. The summed E-state index contributed by atoms with van der Waals surface area (Å²) in [5.41, 5.74) is 1.42. The second-order valence-corrected chi connectivity index (χ2v) is 6.03. The first-order chi connectivity index (χ1) is 13.1. The fourth-order valence-electron chi connectivity index (χ4n) is 2.82. The first-order valence-electron chi connectivity index (χ1n) is 8.26. The van der Waals surface area contributed by atoms with Crippen molar-refractivity contribution in [3.8, 4) is 17.1 Å². The first-order valence-corrected chi connectivity index (χ1v) is 8.26. The van der Waals surface area contributed by atoms with Crippen LogP contribution in [0, 0.1) is 11.6 Å². The predicted octanol–water partition coefficient (Wildman–Crippen LogP) is 4.45. The predicted molar refractivity (Wildman–Crippen MR) is 98.5 cm³/mol. The summed E-state index contributed by atoms with van der Waals surface area (Å²) in [6, 6.07) is 17.3. The molecule has 4 rings (SSSR count). The topological polar surface area (TPSA) is 55.0 Å². The second kappa shape index (κ2) is 6.99. The molecular formula is C21H14F2N2O2. The number of fused-ring (bicyclic) bond motifs is 1. The zero-order valence-electron chi connectivity index (χ0n) is 14.1. The van der Waals surface area contributed by atoms with Crippen molar-refractivity contribution in [3.05, 3.63) is 94.3 Å². The number of halogens is 2. The van der Waals surface area contributed by atoms with E-state index in [0.717, 1.165) is 6.07 Å². The Labute approximate surface area is 153 Å². The summed E-state index contributed by atoms with van der Waals surface area (Å²) in [7, 11) is 0. The van der Waals surface area contributed by atoms with Crippen molar-refractivity contribution in [1.82, 2.24) is 9.97 Å². The summed E-state index contributed by atoms with van der Waals surface area (Å²) in [5, 5.41) is 0.516. The highest BCUT2D eigenvalue weighted by molar-refractivity contribution is 5.79. The Morgan fingerprint density at radius 3 is 2.52 bits per heavy atom. The van der Waals surface area contributed by atoms with Crippen molar-refractivity contribution >= 4 is 10.9 Å². The highest BCUT2D eigenvalue weighted by Gasteiger charge is 2.07. The van der Waals surface area contributed by atoms with Gasteiger partial charge < -0.3 is 9.72 Å². The number of para-hydroxylation sites is 1. The molecular weight excluding hydrogens is 350 g/mol. The molecule has 4 aromatic rings. The Morgan fingerprint density at radius 1 is 0.926 bits per heavy atom. The molecule has 1 aromatic heterocycles. The fraction of sp³-hybridized carbons (Fsp3) is 0.0476. The lowest BCUT2D eigenvalue weighted by Gasteiger charge is -2.09. The van der Waals surface area contributed by atoms with E-state index in [0.29, 0.717) is 33.6 Å². The Bertz CT molecular complexity index is 1170. The van der Waals surface area contributed by atoms with E-state index >= 15 is 0 Å². The maximum atomic E-state index is 13.3. The van der Waals surface area contributed by atoms with E-state index in [1.807, 2.05) is 6.07 Å². The van der Waals surface area contributed by atoms with E-state index in [9.17, 15) is 13.6 Å². The van der Waals surface area contributed by atoms with Crippen LogP contribution in [0.15, 0.2) is 71.5 Å². The van der Waals surface area contributed by atoms with Crippen LogP contribution in [0.4, 0.5) is 8.78 Å². The van der Waals surface area contributed by atoms with Gasteiger partial charge in [-0.05, 0) is 42.0 Å². The van der Waals surface area contributed by atoms with E-state index in [-0.39, 0.29) is 12.2 Å². The van der Waals surface area contributed by atoms with Gasteiger partial charge in [-0.2, -0.15) is 0 Å². The van der Waals surface area contributed by atoms with Gasteiger partial charge >= 0.3 is 0 Å². The highest BCUT2D eigenvalue weighted by atomic mass is 19.1. The van der Waals surface area contributed by atoms with Gasteiger partial charge in [-0.1, -0.05) is 24.3 Å². The first kappa shape index (κ1) is 16.9. The summed E-state index contributed by atoms with van der Waals surface area (Å²) in [5.74, 6) is -0.394. The third-order valence-electron chi connectivity index (χ3n) is 4.05. The van der Waals surface area contributed by atoms with Crippen LogP contribution in [0.3, 0.4) is 0 Å². The molecule has 1 heterocycles. The van der Waals surface area contributed by atoms with Crippen LogP contribution in [-0.4, -0.2) is 9.97 Å². The summed E-state index contributed by atoms with van der Waals surface area (Å²) >= 11 is 0. The number of rotatable bonds is 4. The molecule has 4 nitrogen and oxygen atoms in total. The van der Waals surface area contributed by atoms with Gasteiger partial charge in [-0.15, -0.1) is 0 Å². The lowest BCUT2D eigenvalue weighted by Crippen LogP contribution is -2.09. The Morgan fingerprint density at radius 2 is 1.70 bits per heavy atom. The number of aromatic amines is 1. The standard InChI is InChI=1S/C21H14F2N2O2/c22-15-8-13(9-16(23)11-15)12-27-17-5-3-4-14(10-17)20-24-19-7-2-1-6-18(19)21(26)25-20/h1-11H,12H2,(H,24,25,26). The molecule has 0 saturated carbocycles. The molecule has 0 aliphatic heterocycles. The number of aromatic nitrogens is 2. The van der Waals surface area contributed by atoms with Crippen LogP contribution in [0.2, 0.25) is 0 Å². The summed E-state index contributed by atoms with van der Waals surface area (Å²) in [4.78, 5) is 19.5. The van der Waals surface area contributed by atoms with Crippen LogP contribution in [0.1, 0.15) is 5.56 Å². The number of nitrogens with one attached hydrogen (secondary N) is 1. The molecule has 0 spiro atoms. The Kier molecular flexibility index (Phi) is 4.38. The van der Waals surface area contributed by atoms with E-state index in [1.54, 1.807) is 42.5 Å². The van der Waals surface area contributed by atoms with Crippen LogP contribution in [0.25, 0.3) is 22.3 Å². The third kappa shape index (κ3) is 3.69. The summed E-state index contributed by atoms with van der Waals surface area (Å²) < 4.78 is 32.2. The lowest BCUT2D eigenvalue weighted by molar-refractivity contribution is 0.305. The van der Waals surface area contributed by atoms with Gasteiger partial charge in [0.2, 0.25) is 0 Å².